The SMILES string of the molecule is Cc1c(C)c(C)c(C(N)CC2CC3CCC2C3)c(C)c1C. The fourth-order valence-corrected chi connectivity index (χ4v) is 5.19. The average molecular weight is 285 g/mol. The van der Waals surface area contributed by atoms with Crippen LogP contribution >= 0.6 is 0 Å². The standard InChI is InChI=1S/C20H31N/c1-11-12(2)14(4)20(15(5)13(11)3)19(21)10-18-9-16-6-7-17(18)8-16/h16-19H,6-10,21H2,1-5H3. The summed E-state index contributed by atoms with van der Waals surface area (Å²) in [6, 6.07) is 0.229. The summed E-state index contributed by atoms with van der Waals surface area (Å²) in [4.78, 5) is 0. The molecule has 1 nitrogen and oxygen atoms in total. The molecular weight excluding hydrogens is 254 g/mol. The fraction of sp³-hybridized carbons (Fsp3) is 0.700. The monoisotopic (exact) mass is 285 g/mol. The van der Waals surface area contributed by atoms with Crippen molar-refractivity contribution in [2.24, 2.45) is 23.5 Å². The molecule has 2 bridgehead atoms. The zero-order valence-electron chi connectivity index (χ0n) is 14.4. The number of rotatable bonds is 3. The Morgan fingerprint density at radius 2 is 1.43 bits per heavy atom. The third kappa shape index (κ3) is 2.44. The molecule has 0 amide bonds. The lowest BCUT2D eigenvalue weighted by molar-refractivity contribution is 0.295. The molecule has 2 aliphatic rings. The molecule has 0 radical (unpaired) electrons. The molecule has 0 heterocycles. The molecule has 2 fully saturated rings. The van der Waals surface area contributed by atoms with Gasteiger partial charge in [0, 0.05) is 6.04 Å². The van der Waals surface area contributed by atoms with Crippen molar-refractivity contribution in [2.45, 2.75) is 72.8 Å². The van der Waals surface area contributed by atoms with Gasteiger partial charge in [0.15, 0.2) is 0 Å². The second-order valence-electron chi connectivity index (χ2n) is 7.82. The van der Waals surface area contributed by atoms with Crippen LogP contribution in [0, 0.1) is 52.4 Å². The van der Waals surface area contributed by atoms with Crippen LogP contribution in [0.3, 0.4) is 0 Å². The van der Waals surface area contributed by atoms with Crippen LogP contribution in [0.5, 0.6) is 0 Å². The zero-order valence-corrected chi connectivity index (χ0v) is 14.4. The Morgan fingerprint density at radius 3 is 1.90 bits per heavy atom. The topological polar surface area (TPSA) is 26.0 Å². The van der Waals surface area contributed by atoms with Gasteiger partial charge in [-0.15, -0.1) is 0 Å². The number of hydrogen-bond donors (Lipinski definition) is 1. The molecule has 4 unspecified atom stereocenters. The fourth-order valence-electron chi connectivity index (χ4n) is 5.19. The molecule has 3 rings (SSSR count). The van der Waals surface area contributed by atoms with Gasteiger partial charge in [0.05, 0.1) is 0 Å². The molecule has 1 heteroatoms. The Morgan fingerprint density at radius 1 is 0.857 bits per heavy atom. The highest BCUT2D eigenvalue weighted by Crippen LogP contribution is 2.51. The molecule has 0 aliphatic heterocycles. The van der Waals surface area contributed by atoms with Crippen LogP contribution in [-0.2, 0) is 0 Å². The number of hydrogen-bond acceptors (Lipinski definition) is 1. The van der Waals surface area contributed by atoms with E-state index < -0.39 is 0 Å². The predicted octanol–water partition coefficient (Wildman–Crippen LogP) is 5.05. The van der Waals surface area contributed by atoms with Gasteiger partial charge in [-0.3, -0.25) is 0 Å². The summed E-state index contributed by atoms with van der Waals surface area (Å²) in [6.45, 7) is 11.3. The first-order valence-corrected chi connectivity index (χ1v) is 8.72. The van der Waals surface area contributed by atoms with Crippen LogP contribution in [0.2, 0.25) is 0 Å². The van der Waals surface area contributed by atoms with E-state index >= 15 is 0 Å². The first-order chi connectivity index (χ1) is 9.90. The van der Waals surface area contributed by atoms with Gasteiger partial charge in [0.25, 0.3) is 0 Å². The Balaban J connectivity index is 1.86. The molecular formula is C20H31N. The molecule has 1 aromatic rings. The third-order valence-corrected chi connectivity index (χ3v) is 6.87. The predicted molar refractivity (Wildman–Crippen MR) is 90.6 cm³/mol. The normalized spacial score (nSPS) is 29.1. The lowest BCUT2D eigenvalue weighted by atomic mass is 9.79. The van der Waals surface area contributed by atoms with Crippen molar-refractivity contribution >= 4 is 0 Å². The summed E-state index contributed by atoms with van der Waals surface area (Å²) in [5.74, 6) is 2.89. The minimum atomic E-state index is 0.229. The van der Waals surface area contributed by atoms with Gasteiger partial charge in [-0.1, -0.05) is 6.42 Å². The number of nitrogens with two attached hydrogens (primary N) is 1. The Labute approximate surface area is 130 Å². The smallest absolute Gasteiger partial charge is 0.0303 e. The maximum absolute atomic E-state index is 6.70. The van der Waals surface area contributed by atoms with E-state index in [0.29, 0.717) is 0 Å². The van der Waals surface area contributed by atoms with E-state index in [-0.39, 0.29) is 6.04 Å². The summed E-state index contributed by atoms with van der Waals surface area (Å²) in [5, 5.41) is 0. The van der Waals surface area contributed by atoms with Gasteiger partial charge in [-0.25, -0.2) is 0 Å². The first-order valence-electron chi connectivity index (χ1n) is 8.72. The van der Waals surface area contributed by atoms with Gasteiger partial charge >= 0.3 is 0 Å². The van der Waals surface area contributed by atoms with Crippen LogP contribution in [-0.4, -0.2) is 0 Å². The summed E-state index contributed by atoms with van der Waals surface area (Å²) in [6.07, 6.45) is 7.08. The highest BCUT2D eigenvalue weighted by molar-refractivity contribution is 5.50. The highest BCUT2D eigenvalue weighted by Gasteiger charge is 2.40. The minimum Gasteiger partial charge on any atom is -0.324 e. The Kier molecular flexibility index (Phi) is 3.90. The third-order valence-electron chi connectivity index (χ3n) is 6.87. The van der Waals surface area contributed by atoms with E-state index in [1.54, 1.807) is 0 Å². The molecule has 21 heavy (non-hydrogen) atoms. The summed E-state index contributed by atoms with van der Waals surface area (Å²) in [5.41, 5.74) is 15.3. The minimum absolute atomic E-state index is 0.229. The van der Waals surface area contributed by atoms with E-state index in [4.69, 9.17) is 5.73 Å². The summed E-state index contributed by atoms with van der Waals surface area (Å²) < 4.78 is 0. The number of benzene rings is 1. The van der Waals surface area contributed by atoms with Crippen molar-refractivity contribution in [2.75, 3.05) is 0 Å². The average Bonchev–Trinajstić information content (AvgIpc) is 3.05. The molecule has 2 aliphatic carbocycles. The largest absolute Gasteiger partial charge is 0.324 e. The van der Waals surface area contributed by atoms with Gasteiger partial charge in [-0.05, 0) is 111 Å². The van der Waals surface area contributed by atoms with Gasteiger partial charge in [0.1, 0.15) is 0 Å². The molecule has 116 valence electrons. The maximum Gasteiger partial charge on any atom is 0.0303 e. The van der Waals surface area contributed by atoms with Crippen molar-refractivity contribution in [3.05, 3.63) is 33.4 Å². The number of fused-ring (bicyclic) bond motifs is 2. The van der Waals surface area contributed by atoms with Crippen LogP contribution in [0.15, 0.2) is 0 Å². The maximum atomic E-state index is 6.70. The summed E-state index contributed by atoms with van der Waals surface area (Å²) >= 11 is 0. The van der Waals surface area contributed by atoms with E-state index in [2.05, 4.69) is 34.6 Å². The van der Waals surface area contributed by atoms with Gasteiger partial charge in [-0.2, -0.15) is 0 Å². The highest BCUT2D eigenvalue weighted by atomic mass is 14.6. The van der Waals surface area contributed by atoms with E-state index in [1.807, 2.05) is 0 Å². The molecule has 0 aromatic heterocycles. The van der Waals surface area contributed by atoms with Crippen LogP contribution in [0.4, 0.5) is 0 Å². The van der Waals surface area contributed by atoms with Gasteiger partial charge < -0.3 is 5.73 Å². The molecule has 0 saturated heterocycles. The van der Waals surface area contributed by atoms with Crippen molar-refractivity contribution in [1.82, 2.24) is 0 Å². The quantitative estimate of drug-likeness (QED) is 0.826. The summed E-state index contributed by atoms with van der Waals surface area (Å²) in [7, 11) is 0. The van der Waals surface area contributed by atoms with Crippen molar-refractivity contribution in [1.29, 1.82) is 0 Å². The van der Waals surface area contributed by atoms with Crippen LogP contribution in [0.25, 0.3) is 0 Å². The van der Waals surface area contributed by atoms with Crippen molar-refractivity contribution in [3.63, 3.8) is 0 Å². The van der Waals surface area contributed by atoms with Crippen molar-refractivity contribution in [3.8, 4) is 0 Å². The van der Waals surface area contributed by atoms with E-state index in [0.717, 1.165) is 17.8 Å². The lowest BCUT2D eigenvalue weighted by Gasteiger charge is -2.28. The first kappa shape index (κ1) is 15.1. The van der Waals surface area contributed by atoms with Crippen LogP contribution < -0.4 is 5.73 Å². The molecule has 0 spiro atoms. The second kappa shape index (κ2) is 5.43. The van der Waals surface area contributed by atoms with Crippen molar-refractivity contribution < 1.29 is 0 Å². The molecule has 2 N–H and O–H groups in total. The molecule has 4 atom stereocenters. The Hall–Kier alpha value is -0.820. The van der Waals surface area contributed by atoms with E-state index in [1.165, 1.54) is 65.5 Å². The zero-order chi connectivity index (χ0) is 15.3. The lowest BCUT2D eigenvalue weighted by Crippen LogP contribution is -2.22. The second-order valence-corrected chi connectivity index (χ2v) is 7.82. The van der Waals surface area contributed by atoms with Gasteiger partial charge in [0.2, 0.25) is 0 Å². The molecule has 2 saturated carbocycles. The molecule has 1 aromatic carbocycles. The van der Waals surface area contributed by atoms with Crippen LogP contribution in [0.1, 0.15) is 71.5 Å². The Bertz CT molecular complexity index is 528. The van der Waals surface area contributed by atoms with E-state index in [9.17, 15) is 0 Å².